The highest BCUT2D eigenvalue weighted by Gasteiger charge is 2.06. The van der Waals surface area contributed by atoms with E-state index in [1.54, 1.807) is 0 Å². The van der Waals surface area contributed by atoms with E-state index in [1.165, 1.54) is 0 Å². The third-order valence-corrected chi connectivity index (χ3v) is 3.24. The summed E-state index contributed by atoms with van der Waals surface area (Å²) in [5.41, 5.74) is 2.05. The summed E-state index contributed by atoms with van der Waals surface area (Å²) in [5, 5.41) is 4.06. The van der Waals surface area contributed by atoms with Gasteiger partial charge in [-0.3, -0.25) is 0 Å². The van der Waals surface area contributed by atoms with Crippen molar-refractivity contribution in [2.45, 2.75) is 33.4 Å². The summed E-state index contributed by atoms with van der Waals surface area (Å²) in [6.45, 7) is 6.48. The highest BCUT2D eigenvalue weighted by atomic mass is 35.5. The van der Waals surface area contributed by atoms with Crippen molar-refractivity contribution >= 4 is 17.3 Å². The minimum absolute atomic E-state index is 0.691. The molecule has 0 saturated carbocycles. The van der Waals surface area contributed by atoms with E-state index in [1.807, 2.05) is 30.7 Å². The van der Waals surface area contributed by atoms with Crippen molar-refractivity contribution in [3.05, 3.63) is 41.4 Å². The van der Waals surface area contributed by atoms with Crippen LogP contribution in [0.4, 0.5) is 5.69 Å². The molecule has 1 N–H and O–H groups in total. The van der Waals surface area contributed by atoms with E-state index in [4.69, 9.17) is 16.3 Å². The van der Waals surface area contributed by atoms with Gasteiger partial charge in [-0.15, -0.1) is 0 Å². The van der Waals surface area contributed by atoms with E-state index in [0.29, 0.717) is 18.2 Å². The van der Waals surface area contributed by atoms with Crippen LogP contribution in [-0.2, 0) is 13.1 Å². The molecule has 2 aromatic rings. The number of imidazole rings is 1. The van der Waals surface area contributed by atoms with Gasteiger partial charge in [0.25, 0.3) is 0 Å². The second-order valence-electron chi connectivity index (χ2n) is 4.51. The Bertz CT molecular complexity index is 554. The molecule has 0 radical (unpaired) electrons. The summed E-state index contributed by atoms with van der Waals surface area (Å²) in [4.78, 5) is 4.16. The van der Waals surface area contributed by atoms with E-state index in [9.17, 15) is 0 Å². The van der Waals surface area contributed by atoms with Gasteiger partial charge < -0.3 is 14.6 Å². The summed E-state index contributed by atoms with van der Waals surface area (Å²) in [5.74, 6) is 0.832. The number of rotatable bonds is 7. The normalized spacial score (nSPS) is 10.6. The highest BCUT2D eigenvalue weighted by molar-refractivity contribution is 6.30. The molecule has 0 aliphatic heterocycles. The maximum Gasteiger partial charge on any atom is 0.142 e. The van der Waals surface area contributed by atoms with Gasteiger partial charge in [0.05, 0.1) is 30.9 Å². The third-order valence-electron chi connectivity index (χ3n) is 3.00. The summed E-state index contributed by atoms with van der Waals surface area (Å²) in [7, 11) is 0. The van der Waals surface area contributed by atoms with Crippen molar-refractivity contribution in [2.75, 3.05) is 11.9 Å². The Labute approximate surface area is 124 Å². The number of aromatic nitrogens is 2. The monoisotopic (exact) mass is 293 g/mol. The Kier molecular flexibility index (Phi) is 5.30. The number of benzene rings is 1. The van der Waals surface area contributed by atoms with Gasteiger partial charge in [-0.1, -0.05) is 18.5 Å². The molecule has 0 aliphatic carbocycles. The average Bonchev–Trinajstić information content (AvgIpc) is 2.91. The molecular weight excluding hydrogens is 274 g/mol. The van der Waals surface area contributed by atoms with Crippen molar-refractivity contribution in [3.8, 4) is 5.75 Å². The largest absolute Gasteiger partial charge is 0.491 e. The number of nitrogens with zero attached hydrogens (tertiary/aromatic N) is 2. The fraction of sp³-hybridized carbons (Fsp3) is 0.400. The molecule has 1 aromatic carbocycles. The standard InChI is InChI=1S/C15H20ClN3O/c1-3-7-20-15-6-5-12(16)8-14(15)18-10-13-9-17-11-19(13)4-2/h5-6,8-9,11,18H,3-4,7,10H2,1-2H3. The first-order chi connectivity index (χ1) is 9.74. The number of hydrogen-bond donors (Lipinski definition) is 1. The van der Waals surface area contributed by atoms with Gasteiger partial charge in [-0.25, -0.2) is 4.98 Å². The summed E-state index contributed by atoms with van der Waals surface area (Å²) in [6, 6.07) is 5.63. The fourth-order valence-corrected chi connectivity index (χ4v) is 2.12. The van der Waals surface area contributed by atoms with E-state index in [-0.39, 0.29) is 0 Å². The smallest absolute Gasteiger partial charge is 0.142 e. The van der Waals surface area contributed by atoms with Gasteiger partial charge in [0.15, 0.2) is 0 Å². The van der Waals surface area contributed by atoms with Crippen LogP contribution in [0.1, 0.15) is 26.0 Å². The molecule has 0 atom stereocenters. The Morgan fingerprint density at radius 2 is 2.20 bits per heavy atom. The van der Waals surface area contributed by atoms with Gasteiger partial charge in [-0.05, 0) is 31.5 Å². The molecule has 1 aromatic heterocycles. The molecule has 1 heterocycles. The van der Waals surface area contributed by atoms with Crippen molar-refractivity contribution in [1.82, 2.24) is 9.55 Å². The first-order valence-corrected chi connectivity index (χ1v) is 7.27. The first kappa shape index (κ1) is 14.7. The molecule has 0 amide bonds. The molecule has 0 bridgehead atoms. The third kappa shape index (κ3) is 3.67. The van der Waals surface area contributed by atoms with Gasteiger partial charge in [0.2, 0.25) is 0 Å². The van der Waals surface area contributed by atoms with Gasteiger partial charge in [-0.2, -0.15) is 0 Å². The zero-order chi connectivity index (χ0) is 14.4. The van der Waals surface area contributed by atoms with Crippen LogP contribution < -0.4 is 10.1 Å². The molecule has 0 fully saturated rings. The van der Waals surface area contributed by atoms with Crippen LogP contribution in [0.25, 0.3) is 0 Å². The summed E-state index contributed by atoms with van der Waals surface area (Å²) < 4.78 is 7.83. The lowest BCUT2D eigenvalue weighted by molar-refractivity contribution is 0.319. The molecule has 0 unspecified atom stereocenters. The second-order valence-corrected chi connectivity index (χ2v) is 4.95. The van der Waals surface area contributed by atoms with Crippen molar-refractivity contribution in [1.29, 1.82) is 0 Å². The lowest BCUT2D eigenvalue weighted by Crippen LogP contribution is -2.07. The van der Waals surface area contributed by atoms with Crippen LogP contribution in [0.2, 0.25) is 5.02 Å². The van der Waals surface area contributed by atoms with Crippen LogP contribution >= 0.6 is 11.6 Å². The zero-order valence-corrected chi connectivity index (χ0v) is 12.7. The lowest BCUT2D eigenvalue weighted by Gasteiger charge is -2.14. The predicted molar refractivity (Wildman–Crippen MR) is 82.5 cm³/mol. The molecule has 4 nitrogen and oxygen atoms in total. The number of ether oxygens (including phenoxy) is 1. The summed E-state index contributed by atoms with van der Waals surface area (Å²) in [6.07, 6.45) is 4.68. The first-order valence-electron chi connectivity index (χ1n) is 6.89. The minimum atomic E-state index is 0.691. The number of aryl methyl sites for hydroxylation is 1. The van der Waals surface area contributed by atoms with Crippen LogP contribution in [-0.4, -0.2) is 16.2 Å². The quantitative estimate of drug-likeness (QED) is 0.840. The van der Waals surface area contributed by atoms with E-state index >= 15 is 0 Å². The van der Waals surface area contributed by atoms with Crippen LogP contribution in [0.5, 0.6) is 5.75 Å². The van der Waals surface area contributed by atoms with Gasteiger partial charge in [0, 0.05) is 17.8 Å². The maximum atomic E-state index is 6.06. The fourth-order valence-electron chi connectivity index (χ4n) is 1.94. The van der Waals surface area contributed by atoms with E-state index in [2.05, 4.69) is 28.7 Å². The van der Waals surface area contributed by atoms with E-state index < -0.39 is 0 Å². The van der Waals surface area contributed by atoms with E-state index in [0.717, 1.165) is 30.1 Å². The Morgan fingerprint density at radius 1 is 1.35 bits per heavy atom. The predicted octanol–water partition coefficient (Wildman–Crippen LogP) is 3.96. The molecule has 0 spiro atoms. The lowest BCUT2D eigenvalue weighted by atomic mass is 10.3. The number of anilines is 1. The molecule has 20 heavy (non-hydrogen) atoms. The minimum Gasteiger partial charge on any atom is -0.491 e. The number of nitrogens with one attached hydrogen (secondary N) is 1. The Morgan fingerprint density at radius 3 is 2.95 bits per heavy atom. The molecule has 0 saturated heterocycles. The van der Waals surface area contributed by atoms with Crippen LogP contribution in [0.3, 0.4) is 0 Å². The Balaban J connectivity index is 2.09. The molecule has 5 heteroatoms. The van der Waals surface area contributed by atoms with Gasteiger partial charge in [0.1, 0.15) is 5.75 Å². The topological polar surface area (TPSA) is 39.1 Å². The average molecular weight is 294 g/mol. The summed E-state index contributed by atoms with van der Waals surface area (Å²) >= 11 is 6.06. The van der Waals surface area contributed by atoms with Crippen molar-refractivity contribution < 1.29 is 4.74 Å². The molecule has 2 rings (SSSR count). The second kappa shape index (κ2) is 7.20. The maximum absolute atomic E-state index is 6.06. The molecule has 108 valence electrons. The Hall–Kier alpha value is -1.68. The molecular formula is C15H20ClN3O. The van der Waals surface area contributed by atoms with Gasteiger partial charge >= 0.3 is 0 Å². The zero-order valence-electron chi connectivity index (χ0n) is 11.9. The van der Waals surface area contributed by atoms with Crippen molar-refractivity contribution in [2.24, 2.45) is 0 Å². The SMILES string of the molecule is CCCOc1ccc(Cl)cc1NCc1cncn1CC. The highest BCUT2D eigenvalue weighted by Crippen LogP contribution is 2.28. The van der Waals surface area contributed by atoms with Crippen LogP contribution in [0.15, 0.2) is 30.7 Å². The number of halogens is 1. The van der Waals surface area contributed by atoms with Crippen LogP contribution in [0, 0.1) is 0 Å². The number of hydrogen-bond acceptors (Lipinski definition) is 3. The van der Waals surface area contributed by atoms with Crippen molar-refractivity contribution in [3.63, 3.8) is 0 Å². The molecule has 0 aliphatic rings.